The lowest BCUT2D eigenvalue weighted by Crippen LogP contribution is -2.29. The Morgan fingerprint density at radius 2 is 2.10 bits per heavy atom. The Morgan fingerprint density at radius 3 is 2.60 bits per heavy atom. The first-order valence-electron chi connectivity index (χ1n) is 6.47. The molecule has 6 heteroatoms. The zero-order chi connectivity index (χ0) is 15.1. The first kappa shape index (κ1) is 16.6. The smallest absolute Gasteiger partial charge is 0.347 e. The molecule has 0 spiro atoms. The summed E-state index contributed by atoms with van der Waals surface area (Å²) < 4.78 is 15.9. The molecule has 1 unspecified atom stereocenters. The van der Waals surface area contributed by atoms with Gasteiger partial charge in [-0.05, 0) is 31.0 Å². The van der Waals surface area contributed by atoms with Crippen LogP contribution in [0.5, 0.6) is 11.5 Å². The van der Waals surface area contributed by atoms with Gasteiger partial charge in [-0.25, -0.2) is 4.79 Å². The first-order chi connectivity index (χ1) is 9.57. The number of rotatable bonds is 7. The third-order valence-electron chi connectivity index (χ3n) is 2.71. The Bertz CT molecular complexity index is 465. The molecule has 20 heavy (non-hydrogen) atoms. The normalized spacial score (nSPS) is 11.8. The minimum absolute atomic E-state index is 0.301. The lowest BCUT2D eigenvalue weighted by atomic mass is 10.2. The average Bonchev–Trinajstić information content (AvgIpc) is 2.45. The molecule has 0 saturated heterocycles. The zero-order valence-electron chi connectivity index (χ0n) is 11.9. The SMILES string of the molecule is CCOC(=O)C(CC)Oc1c(Cl)cc(CN)cc1OC. The Morgan fingerprint density at radius 1 is 1.40 bits per heavy atom. The molecule has 0 aliphatic heterocycles. The van der Waals surface area contributed by atoms with Crippen LogP contribution in [0.3, 0.4) is 0 Å². The van der Waals surface area contributed by atoms with Crippen molar-refractivity contribution in [1.82, 2.24) is 0 Å². The quantitative estimate of drug-likeness (QED) is 0.784. The van der Waals surface area contributed by atoms with E-state index in [-0.39, 0.29) is 0 Å². The maximum absolute atomic E-state index is 11.8. The highest BCUT2D eigenvalue weighted by molar-refractivity contribution is 6.32. The van der Waals surface area contributed by atoms with E-state index >= 15 is 0 Å². The van der Waals surface area contributed by atoms with Crippen molar-refractivity contribution in [1.29, 1.82) is 0 Å². The number of benzene rings is 1. The second-order valence-electron chi connectivity index (χ2n) is 4.08. The maximum Gasteiger partial charge on any atom is 0.347 e. The van der Waals surface area contributed by atoms with Gasteiger partial charge in [0, 0.05) is 6.54 Å². The van der Waals surface area contributed by atoms with E-state index in [4.69, 9.17) is 31.5 Å². The average molecular weight is 302 g/mol. The van der Waals surface area contributed by atoms with Crippen molar-refractivity contribution in [2.75, 3.05) is 13.7 Å². The van der Waals surface area contributed by atoms with Gasteiger partial charge in [-0.2, -0.15) is 0 Å². The molecule has 112 valence electrons. The second kappa shape index (κ2) is 7.97. The summed E-state index contributed by atoms with van der Waals surface area (Å²) in [5.74, 6) is 0.350. The summed E-state index contributed by atoms with van der Waals surface area (Å²) >= 11 is 6.16. The molecule has 0 bridgehead atoms. The van der Waals surface area contributed by atoms with Gasteiger partial charge < -0.3 is 19.9 Å². The Balaban J connectivity index is 3.03. The summed E-state index contributed by atoms with van der Waals surface area (Å²) in [6.07, 6.45) is -0.248. The molecule has 0 heterocycles. The first-order valence-corrected chi connectivity index (χ1v) is 6.84. The van der Waals surface area contributed by atoms with Crippen LogP contribution in [0.15, 0.2) is 12.1 Å². The number of methoxy groups -OCH3 is 1. The molecule has 0 aliphatic rings. The molecule has 1 aromatic carbocycles. The third kappa shape index (κ3) is 4.02. The molecule has 1 rings (SSSR count). The fraction of sp³-hybridized carbons (Fsp3) is 0.500. The van der Waals surface area contributed by atoms with Gasteiger partial charge in [-0.3, -0.25) is 0 Å². The van der Waals surface area contributed by atoms with Crippen LogP contribution in [0, 0.1) is 0 Å². The molecule has 1 atom stereocenters. The summed E-state index contributed by atoms with van der Waals surface area (Å²) in [7, 11) is 1.50. The van der Waals surface area contributed by atoms with E-state index in [1.165, 1.54) is 7.11 Å². The third-order valence-corrected chi connectivity index (χ3v) is 2.99. The summed E-state index contributed by atoms with van der Waals surface area (Å²) in [6, 6.07) is 3.43. The summed E-state index contributed by atoms with van der Waals surface area (Å²) in [4.78, 5) is 11.8. The molecule has 5 nitrogen and oxygen atoms in total. The Hall–Kier alpha value is -1.46. The van der Waals surface area contributed by atoms with Crippen molar-refractivity contribution in [3.8, 4) is 11.5 Å². The van der Waals surface area contributed by atoms with Crippen LogP contribution >= 0.6 is 11.6 Å². The molecular formula is C14H20ClNO4. The van der Waals surface area contributed by atoms with Crippen LogP contribution in [0.1, 0.15) is 25.8 Å². The number of hydrogen-bond acceptors (Lipinski definition) is 5. The predicted molar refractivity (Wildman–Crippen MR) is 77.2 cm³/mol. The van der Waals surface area contributed by atoms with Crippen LogP contribution in [0.4, 0.5) is 0 Å². The molecule has 0 radical (unpaired) electrons. The highest BCUT2D eigenvalue weighted by Gasteiger charge is 2.23. The number of carbonyl (C=O) groups excluding carboxylic acids is 1. The fourth-order valence-electron chi connectivity index (χ4n) is 1.68. The van der Waals surface area contributed by atoms with E-state index in [9.17, 15) is 4.79 Å². The van der Waals surface area contributed by atoms with Crippen molar-refractivity contribution < 1.29 is 19.0 Å². The standard InChI is InChI=1S/C14H20ClNO4/c1-4-11(14(17)19-5-2)20-13-10(15)6-9(8-16)7-12(13)18-3/h6-7,11H,4-5,8,16H2,1-3H3. The molecule has 0 aromatic heterocycles. The molecular weight excluding hydrogens is 282 g/mol. The van der Waals surface area contributed by atoms with Crippen LogP contribution < -0.4 is 15.2 Å². The van der Waals surface area contributed by atoms with Gasteiger partial charge in [-0.1, -0.05) is 18.5 Å². The molecule has 1 aromatic rings. The highest BCUT2D eigenvalue weighted by Crippen LogP contribution is 2.37. The number of carbonyl (C=O) groups is 1. The lowest BCUT2D eigenvalue weighted by molar-refractivity contribution is -0.151. The number of nitrogens with two attached hydrogens (primary N) is 1. The zero-order valence-corrected chi connectivity index (χ0v) is 12.7. The number of esters is 1. The summed E-state index contributed by atoms with van der Waals surface area (Å²) in [5.41, 5.74) is 6.40. The Labute approximate surface area is 123 Å². The van der Waals surface area contributed by atoms with Gasteiger partial charge in [0.25, 0.3) is 0 Å². The molecule has 0 saturated carbocycles. The van der Waals surface area contributed by atoms with Crippen LogP contribution in [-0.2, 0) is 16.1 Å². The van der Waals surface area contributed by atoms with Gasteiger partial charge in [-0.15, -0.1) is 0 Å². The summed E-state index contributed by atoms with van der Waals surface area (Å²) in [5, 5.41) is 0.354. The van der Waals surface area contributed by atoms with E-state index in [1.807, 2.05) is 6.92 Å². The number of halogens is 1. The monoisotopic (exact) mass is 301 g/mol. The van der Waals surface area contributed by atoms with E-state index in [0.717, 1.165) is 5.56 Å². The van der Waals surface area contributed by atoms with Crippen LogP contribution in [-0.4, -0.2) is 25.8 Å². The molecule has 0 amide bonds. The number of hydrogen-bond donors (Lipinski definition) is 1. The highest BCUT2D eigenvalue weighted by atomic mass is 35.5. The van der Waals surface area contributed by atoms with E-state index in [1.54, 1.807) is 19.1 Å². The molecule has 0 fully saturated rings. The lowest BCUT2D eigenvalue weighted by Gasteiger charge is -2.19. The van der Waals surface area contributed by atoms with E-state index in [2.05, 4.69) is 0 Å². The molecule has 0 aliphatic carbocycles. The van der Waals surface area contributed by atoms with E-state index < -0.39 is 12.1 Å². The van der Waals surface area contributed by atoms with Gasteiger partial charge >= 0.3 is 5.97 Å². The van der Waals surface area contributed by atoms with Crippen molar-refractivity contribution in [3.63, 3.8) is 0 Å². The number of ether oxygens (including phenoxy) is 3. The maximum atomic E-state index is 11.8. The van der Waals surface area contributed by atoms with E-state index in [0.29, 0.717) is 36.1 Å². The van der Waals surface area contributed by atoms with Gasteiger partial charge in [0.2, 0.25) is 0 Å². The Kier molecular flexibility index (Phi) is 6.61. The van der Waals surface area contributed by atoms with Crippen LogP contribution in [0.25, 0.3) is 0 Å². The second-order valence-corrected chi connectivity index (χ2v) is 4.49. The largest absolute Gasteiger partial charge is 0.493 e. The van der Waals surface area contributed by atoms with Crippen molar-refractivity contribution in [3.05, 3.63) is 22.7 Å². The topological polar surface area (TPSA) is 70.8 Å². The van der Waals surface area contributed by atoms with Gasteiger partial charge in [0.05, 0.1) is 18.7 Å². The summed E-state index contributed by atoms with van der Waals surface area (Å²) in [6.45, 7) is 4.21. The van der Waals surface area contributed by atoms with Crippen molar-refractivity contribution >= 4 is 17.6 Å². The minimum Gasteiger partial charge on any atom is -0.493 e. The van der Waals surface area contributed by atoms with Gasteiger partial charge in [0.1, 0.15) is 0 Å². The predicted octanol–water partition coefficient (Wildman–Crippen LogP) is 2.53. The minimum atomic E-state index is -0.718. The van der Waals surface area contributed by atoms with Crippen molar-refractivity contribution in [2.24, 2.45) is 5.73 Å². The fourth-order valence-corrected chi connectivity index (χ4v) is 1.96. The van der Waals surface area contributed by atoms with Crippen LogP contribution in [0.2, 0.25) is 5.02 Å². The molecule has 2 N–H and O–H groups in total. The van der Waals surface area contributed by atoms with Crippen molar-refractivity contribution in [2.45, 2.75) is 32.9 Å². The van der Waals surface area contributed by atoms with Gasteiger partial charge in [0.15, 0.2) is 17.6 Å².